The Kier molecular flexibility index (Phi) is 6.37. The number of nitrogens with zero attached hydrogens (tertiary/aromatic N) is 5. The summed E-state index contributed by atoms with van der Waals surface area (Å²) in [4.78, 5) is 22.9. The van der Waals surface area contributed by atoms with Crippen molar-refractivity contribution >= 4 is 34.8 Å². The van der Waals surface area contributed by atoms with Crippen molar-refractivity contribution in [1.29, 1.82) is 10.8 Å². The molecule has 6 rings (SSSR count). The SMILES string of the molecule is Cc1cc(C(=O)N2CCN(Cc3ccc(C(=N)N4C(=N)c5ccccc5Nc5ncccc54)cc3)CC2)no1. The number of fused-ring (bicyclic) bond motifs is 2. The molecule has 2 aromatic heterocycles. The number of hydrogen-bond donors (Lipinski definition) is 3. The van der Waals surface area contributed by atoms with Crippen LogP contribution in [0.1, 0.15) is 32.9 Å². The molecule has 39 heavy (non-hydrogen) atoms. The summed E-state index contributed by atoms with van der Waals surface area (Å²) < 4.78 is 5.04. The first-order chi connectivity index (χ1) is 19.0. The maximum absolute atomic E-state index is 12.6. The van der Waals surface area contributed by atoms with E-state index in [0.717, 1.165) is 30.9 Å². The van der Waals surface area contributed by atoms with E-state index < -0.39 is 0 Å². The van der Waals surface area contributed by atoms with Crippen LogP contribution >= 0.6 is 0 Å². The zero-order chi connectivity index (χ0) is 26.9. The average Bonchev–Trinajstić information content (AvgIpc) is 3.35. The molecule has 2 aliphatic heterocycles. The summed E-state index contributed by atoms with van der Waals surface area (Å²) in [6.07, 6.45) is 1.70. The number of hydrogen-bond acceptors (Lipinski definition) is 8. The Morgan fingerprint density at radius 3 is 2.54 bits per heavy atom. The monoisotopic (exact) mass is 520 g/mol. The lowest BCUT2D eigenvalue weighted by molar-refractivity contribution is 0.0618. The molecule has 1 amide bonds. The van der Waals surface area contributed by atoms with Crippen LogP contribution in [0.15, 0.2) is 77.4 Å². The van der Waals surface area contributed by atoms with Crippen LogP contribution in [0.2, 0.25) is 0 Å². The van der Waals surface area contributed by atoms with Crippen molar-refractivity contribution in [3.63, 3.8) is 0 Å². The number of aryl methyl sites for hydroxylation is 1. The maximum atomic E-state index is 12.6. The smallest absolute Gasteiger partial charge is 0.276 e. The molecule has 10 heteroatoms. The third kappa shape index (κ3) is 4.77. The Bertz CT molecular complexity index is 1550. The molecule has 1 fully saturated rings. The van der Waals surface area contributed by atoms with Gasteiger partial charge in [0.2, 0.25) is 0 Å². The highest BCUT2D eigenvalue weighted by Crippen LogP contribution is 2.34. The van der Waals surface area contributed by atoms with Gasteiger partial charge in [0.25, 0.3) is 5.91 Å². The van der Waals surface area contributed by atoms with Gasteiger partial charge in [0.15, 0.2) is 11.5 Å². The van der Waals surface area contributed by atoms with Crippen molar-refractivity contribution in [2.45, 2.75) is 13.5 Å². The molecular weight excluding hydrogens is 492 g/mol. The summed E-state index contributed by atoms with van der Waals surface area (Å²) in [5, 5.41) is 25.2. The number of carbonyl (C=O) groups is 1. The van der Waals surface area contributed by atoms with Gasteiger partial charge in [-0.25, -0.2) is 4.98 Å². The molecule has 0 saturated carbocycles. The molecule has 196 valence electrons. The number of piperazine rings is 1. The number of anilines is 3. The molecule has 10 nitrogen and oxygen atoms in total. The predicted octanol–water partition coefficient (Wildman–Crippen LogP) is 4.25. The van der Waals surface area contributed by atoms with E-state index in [1.807, 2.05) is 65.6 Å². The maximum Gasteiger partial charge on any atom is 0.276 e. The second kappa shape index (κ2) is 10.1. The van der Waals surface area contributed by atoms with E-state index in [-0.39, 0.29) is 17.6 Å². The minimum Gasteiger partial charge on any atom is -0.361 e. The number of aromatic nitrogens is 2. The van der Waals surface area contributed by atoms with Gasteiger partial charge in [-0.3, -0.25) is 25.4 Å². The molecule has 0 bridgehead atoms. The quantitative estimate of drug-likeness (QED) is 0.271. The van der Waals surface area contributed by atoms with Crippen LogP contribution < -0.4 is 10.2 Å². The van der Waals surface area contributed by atoms with E-state index in [0.29, 0.717) is 47.2 Å². The van der Waals surface area contributed by atoms with Gasteiger partial charge in [0, 0.05) is 56.1 Å². The summed E-state index contributed by atoms with van der Waals surface area (Å²) in [5.41, 5.74) is 4.32. The molecular formula is C29H28N8O2. The van der Waals surface area contributed by atoms with Gasteiger partial charge in [-0.1, -0.05) is 41.6 Å². The number of carbonyl (C=O) groups excluding carboxylic acids is 1. The zero-order valence-electron chi connectivity index (χ0n) is 21.5. The molecule has 3 N–H and O–H groups in total. The molecule has 0 aliphatic carbocycles. The Labute approximate surface area is 225 Å². The van der Waals surface area contributed by atoms with Gasteiger partial charge >= 0.3 is 0 Å². The standard InChI is InChI=1S/C29H28N8O2/c1-19-17-24(34-39-19)29(38)36-15-13-35(14-16-36)18-20-8-10-21(11-9-20)26(30)37-25-7-4-12-32-28(25)33-23-6-3-2-5-22(23)27(37)31/h2-12,17,30-31H,13-16,18H2,1H3,(H,32,33). The lowest BCUT2D eigenvalue weighted by Crippen LogP contribution is -2.48. The summed E-state index contributed by atoms with van der Waals surface area (Å²) >= 11 is 0. The van der Waals surface area contributed by atoms with Gasteiger partial charge in [-0.2, -0.15) is 0 Å². The number of benzene rings is 2. The fraction of sp³-hybridized carbons (Fsp3) is 0.207. The normalized spacial score (nSPS) is 15.3. The Morgan fingerprint density at radius 2 is 1.79 bits per heavy atom. The minimum absolute atomic E-state index is 0.0944. The molecule has 1 saturated heterocycles. The first-order valence-electron chi connectivity index (χ1n) is 12.8. The highest BCUT2D eigenvalue weighted by atomic mass is 16.5. The van der Waals surface area contributed by atoms with E-state index in [9.17, 15) is 4.79 Å². The van der Waals surface area contributed by atoms with Crippen LogP contribution in [-0.4, -0.2) is 63.7 Å². The molecule has 0 radical (unpaired) electrons. The van der Waals surface area contributed by atoms with Crippen molar-refractivity contribution in [2.75, 3.05) is 36.4 Å². The van der Waals surface area contributed by atoms with Gasteiger partial charge in [-0.05, 0) is 36.8 Å². The number of amides is 1. The molecule has 0 unspecified atom stereocenters. The first kappa shape index (κ1) is 24.5. The topological polar surface area (TPSA) is 125 Å². The first-order valence-corrected chi connectivity index (χ1v) is 12.8. The van der Waals surface area contributed by atoms with Crippen LogP contribution in [0.25, 0.3) is 0 Å². The predicted molar refractivity (Wildman–Crippen MR) is 149 cm³/mol. The van der Waals surface area contributed by atoms with E-state index in [2.05, 4.69) is 20.4 Å². The summed E-state index contributed by atoms with van der Waals surface area (Å²) in [7, 11) is 0. The van der Waals surface area contributed by atoms with Crippen LogP contribution in [0.5, 0.6) is 0 Å². The number of nitrogens with one attached hydrogen (secondary N) is 3. The van der Waals surface area contributed by atoms with Crippen molar-refractivity contribution < 1.29 is 9.32 Å². The average molecular weight is 521 g/mol. The fourth-order valence-electron chi connectivity index (χ4n) is 4.97. The fourth-order valence-corrected chi connectivity index (χ4v) is 4.97. The molecule has 2 aliphatic rings. The zero-order valence-corrected chi connectivity index (χ0v) is 21.5. The third-order valence-electron chi connectivity index (χ3n) is 7.05. The second-order valence-corrected chi connectivity index (χ2v) is 9.66. The van der Waals surface area contributed by atoms with E-state index >= 15 is 0 Å². The van der Waals surface area contributed by atoms with E-state index in [1.54, 1.807) is 24.1 Å². The van der Waals surface area contributed by atoms with Gasteiger partial charge in [0.1, 0.15) is 17.4 Å². The van der Waals surface area contributed by atoms with Crippen LogP contribution in [-0.2, 0) is 6.54 Å². The molecule has 4 aromatic rings. The molecule has 2 aromatic carbocycles. The Hall–Kier alpha value is -4.83. The molecule has 0 atom stereocenters. The Morgan fingerprint density at radius 1 is 1.03 bits per heavy atom. The van der Waals surface area contributed by atoms with Crippen LogP contribution in [0, 0.1) is 17.7 Å². The van der Waals surface area contributed by atoms with Crippen molar-refractivity contribution in [2.24, 2.45) is 0 Å². The molecule has 0 spiro atoms. The third-order valence-corrected chi connectivity index (χ3v) is 7.05. The Balaban J connectivity index is 1.14. The van der Waals surface area contributed by atoms with Crippen molar-refractivity contribution in [1.82, 2.24) is 19.9 Å². The number of rotatable bonds is 4. The van der Waals surface area contributed by atoms with Gasteiger partial charge in [0.05, 0.1) is 11.4 Å². The van der Waals surface area contributed by atoms with Gasteiger partial charge < -0.3 is 14.7 Å². The summed E-state index contributed by atoms with van der Waals surface area (Å²) in [6, 6.07) is 20.8. The minimum atomic E-state index is -0.0944. The summed E-state index contributed by atoms with van der Waals surface area (Å²) in [5.74, 6) is 1.55. The van der Waals surface area contributed by atoms with Crippen LogP contribution in [0.3, 0.4) is 0 Å². The highest BCUT2D eigenvalue weighted by molar-refractivity contribution is 6.30. The van der Waals surface area contributed by atoms with E-state index in [1.165, 1.54) is 0 Å². The second-order valence-electron chi connectivity index (χ2n) is 9.66. The molecule has 4 heterocycles. The number of amidine groups is 2. The largest absolute Gasteiger partial charge is 0.361 e. The lowest BCUT2D eigenvalue weighted by Gasteiger charge is -2.34. The van der Waals surface area contributed by atoms with E-state index in [4.69, 9.17) is 15.3 Å². The van der Waals surface area contributed by atoms with Crippen molar-refractivity contribution in [3.8, 4) is 0 Å². The lowest BCUT2D eigenvalue weighted by atomic mass is 10.1. The number of pyridine rings is 1. The van der Waals surface area contributed by atoms with Gasteiger partial charge in [-0.15, -0.1) is 0 Å². The highest BCUT2D eigenvalue weighted by Gasteiger charge is 2.28. The number of para-hydroxylation sites is 1. The van der Waals surface area contributed by atoms with Crippen LogP contribution in [0.4, 0.5) is 17.2 Å². The van der Waals surface area contributed by atoms with Crippen molar-refractivity contribution in [3.05, 3.63) is 101 Å². The summed E-state index contributed by atoms with van der Waals surface area (Å²) in [6.45, 7) is 5.32.